The van der Waals surface area contributed by atoms with Crippen molar-refractivity contribution >= 4 is 29.5 Å². The summed E-state index contributed by atoms with van der Waals surface area (Å²) in [6, 6.07) is 20.1. The van der Waals surface area contributed by atoms with Crippen molar-refractivity contribution in [3.05, 3.63) is 66.2 Å². The average molecular weight is 447 g/mol. The molecule has 2 aliphatic rings. The van der Waals surface area contributed by atoms with E-state index in [-0.39, 0.29) is 12.3 Å². The quantitative estimate of drug-likeness (QED) is 0.474. The third-order valence-electron chi connectivity index (χ3n) is 5.06. The van der Waals surface area contributed by atoms with Crippen LogP contribution in [0, 0.1) is 0 Å². The maximum atomic E-state index is 4.78. The summed E-state index contributed by atoms with van der Waals surface area (Å²) in [7, 11) is 3.68. The maximum Gasteiger partial charge on any atom is 0.207 e. The van der Waals surface area contributed by atoms with Crippen molar-refractivity contribution in [2.24, 2.45) is 20.0 Å². The third kappa shape index (κ3) is 5.79. The number of benzene rings is 2. The van der Waals surface area contributed by atoms with E-state index in [4.69, 9.17) is 9.98 Å². The minimum atomic E-state index is -0.373. The Morgan fingerprint density at radius 3 is 2.18 bits per heavy atom. The predicted octanol–water partition coefficient (Wildman–Crippen LogP) is 1.34. The Labute approximate surface area is 194 Å². The number of guanidine groups is 4. The highest BCUT2D eigenvalue weighted by Gasteiger charge is 2.27. The first-order chi connectivity index (χ1) is 16.1. The molecule has 0 radical (unpaired) electrons. The van der Waals surface area contributed by atoms with E-state index in [1.807, 2.05) is 74.4 Å². The molecule has 0 amide bonds. The highest BCUT2D eigenvalue weighted by atomic mass is 15.4. The molecule has 33 heavy (non-hydrogen) atoms. The van der Waals surface area contributed by atoms with Crippen LogP contribution in [0.2, 0.25) is 0 Å². The minimum Gasteiger partial charge on any atom is -0.359 e. The van der Waals surface area contributed by atoms with Gasteiger partial charge in [0.15, 0.2) is 12.1 Å². The molecule has 172 valence electrons. The van der Waals surface area contributed by atoms with E-state index >= 15 is 0 Å². The number of anilines is 1. The van der Waals surface area contributed by atoms with Gasteiger partial charge in [0.05, 0.1) is 6.54 Å². The van der Waals surface area contributed by atoms with E-state index in [1.54, 1.807) is 0 Å². The first kappa shape index (κ1) is 22.1. The minimum absolute atomic E-state index is 0.203. The van der Waals surface area contributed by atoms with E-state index < -0.39 is 0 Å². The van der Waals surface area contributed by atoms with Crippen LogP contribution in [0.4, 0.5) is 5.69 Å². The van der Waals surface area contributed by atoms with Crippen molar-refractivity contribution in [2.45, 2.75) is 25.8 Å². The van der Waals surface area contributed by atoms with Gasteiger partial charge in [-0.15, -0.1) is 0 Å². The molecule has 0 saturated heterocycles. The molecule has 0 aliphatic carbocycles. The molecule has 2 unspecified atom stereocenters. The second kappa shape index (κ2) is 10.5. The van der Waals surface area contributed by atoms with Gasteiger partial charge in [0.2, 0.25) is 17.9 Å². The van der Waals surface area contributed by atoms with E-state index in [9.17, 15) is 0 Å². The summed E-state index contributed by atoms with van der Waals surface area (Å²) in [6.45, 7) is 3.06. The summed E-state index contributed by atoms with van der Waals surface area (Å²) in [6.07, 6.45) is -0.576. The fraction of sp³-hybridized carbons (Fsp3) is 0.304. The third-order valence-corrected chi connectivity index (χ3v) is 5.06. The SMILES string of the molecule is CNC1=NC(CN2C(NC)=NC(C)N=C2Nc2ccccc2)N=C(NCc2ccccc2)N1. The van der Waals surface area contributed by atoms with Crippen LogP contribution in [0.15, 0.2) is 80.6 Å². The van der Waals surface area contributed by atoms with Crippen molar-refractivity contribution in [3.8, 4) is 0 Å². The van der Waals surface area contributed by atoms with Crippen LogP contribution in [0.5, 0.6) is 0 Å². The van der Waals surface area contributed by atoms with Crippen LogP contribution in [0.25, 0.3) is 0 Å². The van der Waals surface area contributed by atoms with Gasteiger partial charge in [-0.3, -0.25) is 10.2 Å². The Hall–Kier alpha value is -4.08. The van der Waals surface area contributed by atoms with Gasteiger partial charge in [-0.2, -0.15) is 0 Å². The average Bonchev–Trinajstić information content (AvgIpc) is 2.85. The van der Waals surface area contributed by atoms with Crippen LogP contribution < -0.4 is 26.6 Å². The molecular formula is C23H30N10. The van der Waals surface area contributed by atoms with Crippen LogP contribution in [0.3, 0.4) is 0 Å². The summed E-state index contributed by atoms with van der Waals surface area (Å²) in [4.78, 5) is 20.8. The molecule has 0 aromatic heterocycles. The lowest BCUT2D eigenvalue weighted by molar-refractivity contribution is 0.487. The molecule has 2 aliphatic heterocycles. The molecule has 0 fully saturated rings. The molecule has 2 aromatic carbocycles. The van der Waals surface area contributed by atoms with Crippen molar-refractivity contribution < 1.29 is 0 Å². The van der Waals surface area contributed by atoms with Crippen LogP contribution in [0.1, 0.15) is 12.5 Å². The van der Waals surface area contributed by atoms with Gasteiger partial charge < -0.3 is 21.3 Å². The first-order valence-corrected chi connectivity index (χ1v) is 11.0. The van der Waals surface area contributed by atoms with E-state index in [0.29, 0.717) is 36.9 Å². The highest BCUT2D eigenvalue weighted by molar-refractivity contribution is 6.06. The number of rotatable bonds is 5. The molecule has 10 nitrogen and oxygen atoms in total. The van der Waals surface area contributed by atoms with Crippen LogP contribution in [-0.2, 0) is 6.54 Å². The Bertz CT molecular complexity index is 1050. The summed E-state index contributed by atoms with van der Waals surface area (Å²) >= 11 is 0. The molecule has 4 rings (SSSR count). The topological polar surface area (TPSA) is 113 Å². The zero-order valence-corrected chi connectivity index (χ0v) is 19.1. The zero-order valence-electron chi connectivity index (χ0n) is 19.1. The smallest absolute Gasteiger partial charge is 0.207 e. The summed E-state index contributed by atoms with van der Waals surface area (Å²) < 4.78 is 0. The molecule has 10 heteroatoms. The Kier molecular flexibility index (Phi) is 7.03. The largest absolute Gasteiger partial charge is 0.359 e. The molecule has 2 aromatic rings. The number of hydrogen-bond acceptors (Lipinski definition) is 10. The highest BCUT2D eigenvalue weighted by Crippen LogP contribution is 2.14. The van der Waals surface area contributed by atoms with Crippen LogP contribution >= 0.6 is 0 Å². The van der Waals surface area contributed by atoms with E-state index in [0.717, 1.165) is 5.69 Å². The van der Waals surface area contributed by atoms with E-state index in [1.165, 1.54) is 5.56 Å². The second-order valence-corrected chi connectivity index (χ2v) is 7.54. The Morgan fingerprint density at radius 2 is 1.48 bits per heavy atom. The van der Waals surface area contributed by atoms with Crippen molar-refractivity contribution in [3.63, 3.8) is 0 Å². The van der Waals surface area contributed by atoms with Crippen molar-refractivity contribution in [1.82, 2.24) is 26.2 Å². The molecule has 5 N–H and O–H groups in total. The fourth-order valence-electron chi connectivity index (χ4n) is 3.49. The molecule has 0 spiro atoms. The molecular weight excluding hydrogens is 416 g/mol. The lowest BCUT2D eigenvalue weighted by Gasteiger charge is -2.33. The second-order valence-electron chi connectivity index (χ2n) is 7.54. The number of hydrogen-bond donors (Lipinski definition) is 5. The molecule has 0 saturated carbocycles. The number of nitrogens with zero attached hydrogens (tertiary/aromatic N) is 5. The monoisotopic (exact) mass is 446 g/mol. The standard InChI is InChI=1S/C23H30N10/c1-16-27-22(25-3)33(23(28-16)29-18-12-8-5-9-13-18)15-19-30-20(24-2)32-21(31-19)26-14-17-10-6-4-7-11-17/h4-13,16,19H,14-15H2,1-3H3,(H,25,27)(H,28,29)(H3,24,26,30,31,32). The van der Waals surface area contributed by atoms with Gasteiger partial charge in [-0.25, -0.2) is 20.0 Å². The summed E-state index contributed by atoms with van der Waals surface area (Å²) in [5, 5.41) is 16.2. The summed E-state index contributed by atoms with van der Waals surface area (Å²) in [5.41, 5.74) is 2.12. The van der Waals surface area contributed by atoms with Gasteiger partial charge in [0.25, 0.3) is 0 Å². The van der Waals surface area contributed by atoms with Gasteiger partial charge in [0, 0.05) is 26.3 Å². The Balaban J connectivity index is 1.53. The van der Waals surface area contributed by atoms with Gasteiger partial charge >= 0.3 is 0 Å². The zero-order chi connectivity index (χ0) is 23.0. The fourth-order valence-corrected chi connectivity index (χ4v) is 3.49. The number of para-hydroxylation sites is 1. The number of aliphatic imine (C=N–C) groups is 4. The summed E-state index contributed by atoms with van der Waals surface area (Å²) in [5.74, 6) is 2.71. The molecule has 2 atom stereocenters. The van der Waals surface area contributed by atoms with Crippen molar-refractivity contribution in [1.29, 1.82) is 0 Å². The molecule has 2 heterocycles. The number of nitrogens with one attached hydrogen (secondary N) is 5. The van der Waals surface area contributed by atoms with Crippen LogP contribution in [-0.4, -0.2) is 61.7 Å². The Morgan fingerprint density at radius 1 is 0.818 bits per heavy atom. The van der Waals surface area contributed by atoms with Gasteiger partial charge in [0.1, 0.15) is 6.17 Å². The molecule has 0 bridgehead atoms. The maximum absolute atomic E-state index is 4.78. The lowest BCUT2D eigenvalue weighted by Crippen LogP contribution is -2.54. The van der Waals surface area contributed by atoms with E-state index in [2.05, 4.69) is 48.7 Å². The lowest BCUT2D eigenvalue weighted by atomic mass is 10.2. The van der Waals surface area contributed by atoms with Crippen molar-refractivity contribution in [2.75, 3.05) is 26.0 Å². The first-order valence-electron chi connectivity index (χ1n) is 11.0. The normalized spacial score (nSPS) is 19.9. The van der Waals surface area contributed by atoms with Gasteiger partial charge in [-0.1, -0.05) is 48.5 Å². The predicted molar refractivity (Wildman–Crippen MR) is 134 cm³/mol. The van der Waals surface area contributed by atoms with Gasteiger partial charge in [-0.05, 0) is 24.6 Å².